The number of aromatic nitrogens is 1. The van der Waals surface area contributed by atoms with Gasteiger partial charge in [-0.05, 0) is 55.0 Å². The standard InChI is InChI=1S/C15H18N2O2/c1-8-11(7-13(16)15(18)19)12-5-9-3-2-4-10(9)6-14(12)17-8/h5-6,13,17H,2-4,7,16H2,1H3,(H,18,19). The van der Waals surface area contributed by atoms with Gasteiger partial charge in [0, 0.05) is 23.0 Å². The van der Waals surface area contributed by atoms with Crippen LogP contribution in [0.15, 0.2) is 12.1 Å². The highest BCUT2D eigenvalue weighted by Gasteiger charge is 2.19. The molecule has 0 bridgehead atoms. The molecule has 4 nitrogen and oxygen atoms in total. The first-order valence-corrected chi connectivity index (χ1v) is 6.67. The number of carboxylic acid groups (broad SMARTS) is 1. The molecule has 4 N–H and O–H groups in total. The zero-order valence-electron chi connectivity index (χ0n) is 11.0. The number of rotatable bonds is 3. The fourth-order valence-electron chi connectivity index (χ4n) is 3.03. The average Bonchev–Trinajstić information content (AvgIpc) is 2.91. The number of H-pyrrole nitrogens is 1. The number of hydrogen-bond acceptors (Lipinski definition) is 2. The van der Waals surface area contributed by atoms with Crippen LogP contribution in [-0.4, -0.2) is 22.1 Å². The molecule has 100 valence electrons. The van der Waals surface area contributed by atoms with Crippen molar-refractivity contribution >= 4 is 16.9 Å². The Balaban J connectivity index is 2.08. The van der Waals surface area contributed by atoms with Crippen LogP contribution < -0.4 is 5.73 Å². The van der Waals surface area contributed by atoms with Gasteiger partial charge in [0.15, 0.2) is 0 Å². The van der Waals surface area contributed by atoms with Gasteiger partial charge in [0.1, 0.15) is 6.04 Å². The van der Waals surface area contributed by atoms with E-state index in [1.54, 1.807) is 0 Å². The van der Waals surface area contributed by atoms with Crippen molar-refractivity contribution < 1.29 is 9.90 Å². The van der Waals surface area contributed by atoms with Gasteiger partial charge in [0.05, 0.1) is 0 Å². The molecule has 2 aromatic rings. The number of aryl methyl sites for hydroxylation is 3. The summed E-state index contributed by atoms with van der Waals surface area (Å²) >= 11 is 0. The maximum Gasteiger partial charge on any atom is 0.320 e. The molecule has 0 spiro atoms. The summed E-state index contributed by atoms with van der Waals surface area (Å²) in [5.74, 6) is -0.949. The molecule has 1 aliphatic rings. The highest BCUT2D eigenvalue weighted by atomic mass is 16.4. The van der Waals surface area contributed by atoms with E-state index in [1.807, 2.05) is 6.92 Å². The summed E-state index contributed by atoms with van der Waals surface area (Å²) in [6.45, 7) is 1.98. The zero-order valence-corrected chi connectivity index (χ0v) is 11.0. The summed E-state index contributed by atoms with van der Waals surface area (Å²) in [6, 6.07) is 3.58. The monoisotopic (exact) mass is 258 g/mol. The van der Waals surface area contributed by atoms with E-state index in [0.29, 0.717) is 6.42 Å². The minimum atomic E-state index is -0.949. The Kier molecular flexibility index (Phi) is 2.82. The Morgan fingerprint density at radius 2 is 2.11 bits per heavy atom. The summed E-state index contributed by atoms with van der Waals surface area (Å²) in [5, 5.41) is 10.1. The first-order chi connectivity index (χ1) is 9.06. The van der Waals surface area contributed by atoms with Gasteiger partial charge in [-0.15, -0.1) is 0 Å². The SMILES string of the molecule is Cc1[nH]c2cc3c(cc2c1CC(N)C(=O)O)CCC3. The lowest BCUT2D eigenvalue weighted by Crippen LogP contribution is -2.32. The number of hydrogen-bond donors (Lipinski definition) is 3. The fraction of sp³-hybridized carbons (Fsp3) is 0.400. The van der Waals surface area contributed by atoms with Crippen molar-refractivity contribution in [1.82, 2.24) is 4.98 Å². The summed E-state index contributed by atoms with van der Waals surface area (Å²) in [5.41, 5.74) is 11.7. The number of nitrogens with one attached hydrogen (secondary N) is 1. The van der Waals surface area contributed by atoms with E-state index < -0.39 is 12.0 Å². The molecule has 1 heterocycles. The zero-order chi connectivity index (χ0) is 13.6. The normalized spacial score (nSPS) is 15.7. The van der Waals surface area contributed by atoms with Crippen molar-refractivity contribution in [3.05, 3.63) is 34.5 Å². The number of fused-ring (bicyclic) bond motifs is 2. The van der Waals surface area contributed by atoms with Gasteiger partial charge < -0.3 is 15.8 Å². The Hall–Kier alpha value is -1.81. The molecule has 0 radical (unpaired) electrons. The van der Waals surface area contributed by atoms with Crippen LogP contribution in [-0.2, 0) is 24.1 Å². The molecule has 19 heavy (non-hydrogen) atoms. The van der Waals surface area contributed by atoms with Gasteiger partial charge in [0.25, 0.3) is 0 Å². The summed E-state index contributed by atoms with van der Waals surface area (Å²) < 4.78 is 0. The van der Waals surface area contributed by atoms with Crippen molar-refractivity contribution in [3.63, 3.8) is 0 Å². The van der Waals surface area contributed by atoms with Crippen LogP contribution in [0.1, 0.15) is 28.8 Å². The predicted octanol–water partition coefficient (Wildman–Crippen LogP) is 1.92. The van der Waals surface area contributed by atoms with E-state index in [4.69, 9.17) is 10.8 Å². The maximum atomic E-state index is 10.9. The molecule has 4 heteroatoms. The number of nitrogens with two attached hydrogens (primary N) is 1. The first-order valence-electron chi connectivity index (χ1n) is 6.67. The van der Waals surface area contributed by atoms with E-state index in [9.17, 15) is 4.79 Å². The lowest BCUT2D eigenvalue weighted by Gasteiger charge is -2.07. The van der Waals surface area contributed by atoms with Crippen LogP contribution in [0.25, 0.3) is 10.9 Å². The highest BCUT2D eigenvalue weighted by molar-refractivity contribution is 5.87. The van der Waals surface area contributed by atoms with Crippen LogP contribution in [0.4, 0.5) is 0 Å². The molecule has 3 rings (SSSR count). The second-order valence-corrected chi connectivity index (χ2v) is 5.40. The van der Waals surface area contributed by atoms with Crippen LogP contribution in [0.5, 0.6) is 0 Å². The molecular weight excluding hydrogens is 240 g/mol. The fourth-order valence-corrected chi connectivity index (χ4v) is 3.03. The Labute approximate surface area is 111 Å². The van der Waals surface area contributed by atoms with Gasteiger partial charge in [-0.1, -0.05) is 0 Å². The van der Waals surface area contributed by atoms with Gasteiger partial charge in [0.2, 0.25) is 0 Å². The Morgan fingerprint density at radius 3 is 2.79 bits per heavy atom. The topological polar surface area (TPSA) is 79.1 Å². The molecule has 0 fully saturated rings. The van der Waals surface area contributed by atoms with Gasteiger partial charge in [-0.2, -0.15) is 0 Å². The minimum absolute atomic E-state index is 0.375. The summed E-state index contributed by atoms with van der Waals surface area (Å²) in [6.07, 6.45) is 3.86. The minimum Gasteiger partial charge on any atom is -0.480 e. The first kappa shape index (κ1) is 12.2. The second kappa shape index (κ2) is 4.38. The van der Waals surface area contributed by atoms with E-state index >= 15 is 0 Å². The van der Waals surface area contributed by atoms with Crippen LogP contribution in [0.2, 0.25) is 0 Å². The van der Waals surface area contributed by atoms with E-state index in [-0.39, 0.29) is 0 Å². The number of aromatic amines is 1. The van der Waals surface area contributed by atoms with Crippen molar-refractivity contribution in [2.24, 2.45) is 5.73 Å². The average molecular weight is 258 g/mol. The van der Waals surface area contributed by atoms with Crippen molar-refractivity contribution in [2.75, 3.05) is 0 Å². The number of carboxylic acids is 1. The van der Waals surface area contributed by atoms with Crippen LogP contribution in [0.3, 0.4) is 0 Å². The maximum absolute atomic E-state index is 10.9. The number of benzene rings is 1. The third-order valence-corrected chi connectivity index (χ3v) is 4.07. The molecular formula is C15H18N2O2. The van der Waals surface area contributed by atoms with Gasteiger partial charge in [-0.3, -0.25) is 4.79 Å². The Bertz CT molecular complexity index is 658. The van der Waals surface area contributed by atoms with Crippen LogP contribution in [0, 0.1) is 6.92 Å². The van der Waals surface area contributed by atoms with Crippen molar-refractivity contribution in [3.8, 4) is 0 Å². The Morgan fingerprint density at radius 1 is 1.42 bits per heavy atom. The molecule has 0 amide bonds. The van der Waals surface area contributed by atoms with Crippen molar-refractivity contribution in [2.45, 2.75) is 38.6 Å². The molecule has 1 atom stereocenters. The molecule has 0 aliphatic heterocycles. The number of aliphatic carboxylic acids is 1. The predicted molar refractivity (Wildman–Crippen MR) is 74.4 cm³/mol. The highest BCUT2D eigenvalue weighted by Crippen LogP contribution is 2.30. The second-order valence-electron chi connectivity index (χ2n) is 5.40. The smallest absolute Gasteiger partial charge is 0.320 e. The lowest BCUT2D eigenvalue weighted by atomic mass is 10.00. The van der Waals surface area contributed by atoms with E-state index in [2.05, 4.69) is 17.1 Å². The molecule has 1 aromatic carbocycles. The quantitative estimate of drug-likeness (QED) is 0.787. The molecule has 0 saturated heterocycles. The van der Waals surface area contributed by atoms with Crippen LogP contribution >= 0.6 is 0 Å². The molecule has 1 aliphatic carbocycles. The van der Waals surface area contributed by atoms with E-state index in [1.165, 1.54) is 17.5 Å². The largest absolute Gasteiger partial charge is 0.480 e. The third kappa shape index (κ3) is 2.02. The van der Waals surface area contributed by atoms with E-state index in [0.717, 1.165) is 35.0 Å². The summed E-state index contributed by atoms with van der Waals surface area (Å²) in [7, 11) is 0. The lowest BCUT2D eigenvalue weighted by molar-refractivity contribution is -0.138. The number of carbonyl (C=O) groups is 1. The van der Waals surface area contributed by atoms with Gasteiger partial charge in [-0.25, -0.2) is 0 Å². The molecule has 1 aromatic heterocycles. The molecule has 1 unspecified atom stereocenters. The van der Waals surface area contributed by atoms with Crippen molar-refractivity contribution in [1.29, 1.82) is 0 Å². The van der Waals surface area contributed by atoms with Gasteiger partial charge >= 0.3 is 5.97 Å². The molecule has 0 saturated carbocycles. The summed E-state index contributed by atoms with van der Waals surface area (Å²) in [4.78, 5) is 14.3. The third-order valence-electron chi connectivity index (χ3n) is 4.07.